The fraction of sp³-hybridized carbons (Fsp3) is 0.556. The number of hydrogen-bond donors (Lipinski definition) is 2. The van der Waals surface area contributed by atoms with E-state index in [4.69, 9.17) is 9.47 Å². The first-order chi connectivity index (χ1) is 12.2. The van der Waals surface area contributed by atoms with Gasteiger partial charge in [-0.2, -0.15) is 0 Å². The smallest absolute Gasteiger partial charge is 0.319 e. The largest absolute Gasteiger partial charge is 0.350 e. The lowest BCUT2D eigenvalue weighted by atomic mass is 9.97. The molecule has 2 aliphatic heterocycles. The Morgan fingerprint density at radius 2 is 1.92 bits per heavy atom. The van der Waals surface area contributed by atoms with Crippen molar-refractivity contribution in [1.29, 1.82) is 0 Å². The average molecular weight is 347 g/mol. The Labute approximate surface area is 147 Å². The minimum absolute atomic E-state index is 0.0581. The molecule has 136 valence electrons. The van der Waals surface area contributed by atoms with Gasteiger partial charge in [0, 0.05) is 37.7 Å². The Hall–Kier alpha value is -2.12. The van der Waals surface area contributed by atoms with E-state index in [9.17, 15) is 9.59 Å². The van der Waals surface area contributed by atoms with E-state index >= 15 is 0 Å². The predicted molar refractivity (Wildman–Crippen MR) is 93.1 cm³/mol. The van der Waals surface area contributed by atoms with Gasteiger partial charge in [0.15, 0.2) is 6.29 Å². The zero-order chi connectivity index (χ0) is 17.5. The molecule has 2 fully saturated rings. The zero-order valence-corrected chi connectivity index (χ0v) is 14.3. The lowest BCUT2D eigenvalue weighted by Gasteiger charge is -2.34. The number of benzene rings is 1. The number of nitrogens with zero attached hydrogens (tertiary/aromatic N) is 1. The summed E-state index contributed by atoms with van der Waals surface area (Å²) in [7, 11) is 0. The number of para-hydroxylation sites is 1. The Morgan fingerprint density at radius 1 is 1.16 bits per heavy atom. The van der Waals surface area contributed by atoms with Crippen molar-refractivity contribution in [2.24, 2.45) is 5.92 Å². The highest BCUT2D eigenvalue weighted by Crippen LogP contribution is 2.25. The Kier molecular flexibility index (Phi) is 6.25. The molecule has 3 rings (SSSR count). The van der Waals surface area contributed by atoms with E-state index in [-0.39, 0.29) is 24.1 Å². The molecule has 7 nitrogen and oxygen atoms in total. The number of urea groups is 1. The molecule has 2 saturated heterocycles. The van der Waals surface area contributed by atoms with Crippen LogP contribution in [-0.4, -0.2) is 56.0 Å². The lowest BCUT2D eigenvalue weighted by molar-refractivity contribution is -0.139. The van der Waals surface area contributed by atoms with Crippen molar-refractivity contribution in [2.75, 3.05) is 38.2 Å². The van der Waals surface area contributed by atoms with Crippen LogP contribution < -0.4 is 10.6 Å². The van der Waals surface area contributed by atoms with E-state index in [0.717, 1.165) is 25.1 Å². The molecule has 0 radical (unpaired) electrons. The highest BCUT2D eigenvalue weighted by molar-refractivity contribution is 5.89. The normalized spacial score (nSPS) is 21.1. The summed E-state index contributed by atoms with van der Waals surface area (Å²) < 4.78 is 11.1. The van der Waals surface area contributed by atoms with Crippen molar-refractivity contribution in [3.63, 3.8) is 0 Å². The van der Waals surface area contributed by atoms with Crippen LogP contribution in [0.5, 0.6) is 0 Å². The van der Waals surface area contributed by atoms with Gasteiger partial charge >= 0.3 is 6.03 Å². The van der Waals surface area contributed by atoms with Gasteiger partial charge < -0.3 is 25.0 Å². The number of ether oxygens (including phenoxy) is 2. The molecule has 1 aromatic rings. The molecular weight excluding hydrogens is 322 g/mol. The summed E-state index contributed by atoms with van der Waals surface area (Å²) in [5, 5.41) is 5.45. The number of rotatable bonds is 5. The summed E-state index contributed by atoms with van der Waals surface area (Å²) in [4.78, 5) is 26.0. The molecule has 25 heavy (non-hydrogen) atoms. The Balaban J connectivity index is 1.37. The van der Waals surface area contributed by atoms with Gasteiger partial charge in [-0.05, 0) is 25.0 Å². The van der Waals surface area contributed by atoms with E-state index in [1.807, 2.05) is 35.2 Å². The fourth-order valence-electron chi connectivity index (χ4n) is 3.25. The molecule has 3 amide bonds. The van der Waals surface area contributed by atoms with Crippen LogP contribution >= 0.6 is 0 Å². The van der Waals surface area contributed by atoms with E-state index < -0.39 is 0 Å². The van der Waals surface area contributed by atoms with Gasteiger partial charge in [0.25, 0.3) is 0 Å². The van der Waals surface area contributed by atoms with Gasteiger partial charge in [0.2, 0.25) is 5.91 Å². The van der Waals surface area contributed by atoms with Gasteiger partial charge in [0.05, 0.1) is 13.2 Å². The number of likely N-dealkylation sites (tertiary alicyclic amines) is 1. The number of nitrogens with one attached hydrogen (secondary N) is 2. The van der Waals surface area contributed by atoms with Crippen LogP contribution in [0.15, 0.2) is 30.3 Å². The number of amides is 3. The molecule has 2 heterocycles. The van der Waals surface area contributed by atoms with Crippen molar-refractivity contribution in [3.8, 4) is 0 Å². The van der Waals surface area contributed by atoms with Gasteiger partial charge in [-0.15, -0.1) is 0 Å². The maximum Gasteiger partial charge on any atom is 0.319 e. The number of hydrogen-bond acceptors (Lipinski definition) is 4. The standard InChI is InChI=1S/C18H25N3O4/c22-16(8-9-19-18(23)20-15-6-2-1-3-7-15)21-10-4-5-14(13-21)17-24-11-12-25-17/h1-3,6-7,14,17H,4-5,8-13H2,(H2,19,20,23). The highest BCUT2D eigenvalue weighted by atomic mass is 16.7. The van der Waals surface area contributed by atoms with Crippen LogP contribution in [0.25, 0.3) is 0 Å². The van der Waals surface area contributed by atoms with E-state index in [2.05, 4.69) is 10.6 Å². The quantitative estimate of drug-likeness (QED) is 0.851. The first kappa shape index (κ1) is 17.7. The third kappa shape index (κ3) is 5.17. The summed E-state index contributed by atoms with van der Waals surface area (Å²) in [5.41, 5.74) is 0.724. The first-order valence-electron chi connectivity index (χ1n) is 8.83. The molecule has 7 heteroatoms. The van der Waals surface area contributed by atoms with Gasteiger partial charge in [-0.25, -0.2) is 4.79 Å². The summed E-state index contributed by atoms with van der Waals surface area (Å²) in [5.74, 6) is 0.303. The minimum Gasteiger partial charge on any atom is -0.350 e. The zero-order valence-electron chi connectivity index (χ0n) is 14.3. The first-order valence-corrected chi connectivity index (χ1v) is 8.83. The maximum absolute atomic E-state index is 12.4. The molecule has 0 saturated carbocycles. The Bertz CT molecular complexity index is 575. The van der Waals surface area contributed by atoms with Crippen molar-refractivity contribution in [2.45, 2.75) is 25.6 Å². The molecule has 2 aliphatic rings. The molecule has 0 spiro atoms. The summed E-state index contributed by atoms with van der Waals surface area (Å²) in [6.07, 6.45) is 2.10. The van der Waals surface area contributed by atoms with E-state index in [1.165, 1.54) is 0 Å². The van der Waals surface area contributed by atoms with Crippen LogP contribution in [0.2, 0.25) is 0 Å². The summed E-state index contributed by atoms with van der Waals surface area (Å²) in [6.45, 7) is 3.01. The third-order valence-corrected chi connectivity index (χ3v) is 4.50. The van der Waals surface area contributed by atoms with Crippen molar-refractivity contribution >= 4 is 17.6 Å². The molecule has 0 bridgehead atoms. The SMILES string of the molecule is O=C(NCCC(=O)N1CCCC(C2OCCO2)C1)Nc1ccccc1. The third-order valence-electron chi connectivity index (χ3n) is 4.50. The van der Waals surface area contributed by atoms with Crippen LogP contribution in [-0.2, 0) is 14.3 Å². The summed E-state index contributed by atoms with van der Waals surface area (Å²) >= 11 is 0. The van der Waals surface area contributed by atoms with Crippen molar-refractivity contribution in [3.05, 3.63) is 30.3 Å². The molecular formula is C18H25N3O4. The van der Waals surface area contributed by atoms with Crippen LogP contribution in [0.3, 0.4) is 0 Å². The fourth-order valence-corrected chi connectivity index (χ4v) is 3.25. The number of carbonyl (C=O) groups is 2. The lowest BCUT2D eigenvalue weighted by Crippen LogP contribution is -2.44. The second kappa shape index (κ2) is 8.82. The van der Waals surface area contributed by atoms with E-state index in [0.29, 0.717) is 32.7 Å². The van der Waals surface area contributed by atoms with Gasteiger partial charge in [0.1, 0.15) is 0 Å². The molecule has 0 aliphatic carbocycles. The van der Waals surface area contributed by atoms with Crippen LogP contribution in [0, 0.1) is 5.92 Å². The monoisotopic (exact) mass is 347 g/mol. The van der Waals surface area contributed by atoms with Crippen molar-refractivity contribution in [1.82, 2.24) is 10.2 Å². The molecule has 0 aromatic heterocycles. The van der Waals surface area contributed by atoms with E-state index in [1.54, 1.807) is 0 Å². The minimum atomic E-state index is -0.303. The van der Waals surface area contributed by atoms with Gasteiger partial charge in [-0.3, -0.25) is 4.79 Å². The second-order valence-corrected chi connectivity index (χ2v) is 6.35. The highest BCUT2D eigenvalue weighted by Gasteiger charge is 2.32. The predicted octanol–water partition coefficient (Wildman–Crippen LogP) is 1.81. The Morgan fingerprint density at radius 3 is 2.68 bits per heavy atom. The second-order valence-electron chi connectivity index (χ2n) is 6.35. The number of piperidine rings is 1. The molecule has 1 aromatic carbocycles. The number of carbonyl (C=O) groups excluding carboxylic acids is 2. The van der Waals surface area contributed by atoms with Crippen LogP contribution in [0.1, 0.15) is 19.3 Å². The maximum atomic E-state index is 12.4. The van der Waals surface area contributed by atoms with Crippen molar-refractivity contribution < 1.29 is 19.1 Å². The van der Waals surface area contributed by atoms with Gasteiger partial charge in [-0.1, -0.05) is 18.2 Å². The number of anilines is 1. The molecule has 2 N–H and O–H groups in total. The average Bonchev–Trinajstić information content (AvgIpc) is 3.17. The summed E-state index contributed by atoms with van der Waals surface area (Å²) in [6, 6.07) is 8.91. The molecule has 1 atom stereocenters. The molecule has 1 unspecified atom stereocenters. The van der Waals surface area contributed by atoms with Crippen LogP contribution in [0.4, 0.5) is 10.5 Å². The topological polar surface area (TPSA) is 79.9 Å².